The first kappa shape index (κ1) is 51.3. The van der Waals surface area contributed by atoms with Gasteiger partial charge in [-0.2, -0.15) is 0 Å². The van der Waals surface area contributed by atoms with E-state index in [1.807, 2.05) is 6.08 Å². The van der Waals surface area contributed by atoms with Gasteiger partial charge in [-0.1, -0.05) is 210 Å². The molecule has 310 valence electrons. The molecule has 53 heavy (non-hydrogen) atoms. The fraction of sp³-hybridized carbons (Fsp3) is 0.812. The van der Waals surface area contributed by atoms with Crippen LogP contribution in [0.5, 0.6) is 0 Å². The summed E-state index contributed by atoms with van der Waals surface area (Å²) in [4.78, 5) is 12.5. The van der Waals surface area contributed by atoms with E-state index < -0.39 is 24.2 Å². The number of hydrogen-bond acceptors (Lipinski definition) is 4. The van der Waals surface area contributed by atoms with E-state index in [0.717, 1.165) is 44.9 Å². The number of carbonyl (C=O) groups is 1. The summed E-state index contributed by atoms with van der Waals surface area (Å²) >= 11 is 0. The molecular weight excluding hydrogens is 655 g/mol. The van der Waals surface area contributed by atoms with Crippen LogP contribution < -0.4 is 5.32 Å². The number of unbranched alkanes of at least 4 members (excludes halogenated alkanes) is 27. The summed E-state index contributed by atoms with van der Waals surface area (Å²) in [6.45, 7) is 4.16. The summed E-state index contributed by atoms with van der Waals surface area (Å²) in [6, 6.07) is -0.817. The highest BCUT2D eigenvalue weighted by atomic mass is 16.3. The molecule has 3 atom stereocenters. The molecule has 0 bridgehead atoms. The van der Waals surface area contributed by atoms with Crippen molar-refractivity contribution in [3.05, 3.63) is 48.6 Å². The van der Waals surface area contributed by atoms with Gasteiger partial charge < -0.3 is 20.6 Å². The molecule has 0 aliphatic heterocycles. The maximum Gasteiger partial charge on any atom is 0.249 e. The number of aliphatic hydroxyl groups is 3. The van der Waals surface area contributed by atoms with Gasteiger partial charge in [0.2, 0.25) is 5.91 Å². The molecule has 0 saturated heterocycles. The first-order valence-electron chi connectivity index (χ1n) is 23.0. The van der Waals surface area contributed by atoms with E-state index in [2.05, 4.69) is 55.6 Å². The van der Waals surface area contributed by atoms with Crippen LogP contribution in [0.1, 0.15) is 226 Å². The Bertz CT molecular complexity index is 866. The van der Waals surface area contributed by atoms with Crippen molar-refractivity contribution in [3.8, 4) is 0 Å². The Balaban J connectivity index is 3.70. The van der Waals surface area contributed by atoms with Crippen molar-refractivity contribution in [1.29, 1.82) is 0 Å². The zero-order valence-corrected chi connectivity index (χ0v) is 35.1. The van der Waals surface area contributed by atoms with Crippen LogP contribution in [0.2, 0.25) is 0 Å². The largest absolute Gasteiger partial charge is 0.394 e. The molecule has 0 spiro atoms. The van der Waals surface area contributed by atoms with Crippen LogP contribution in [0.15, 0.2) is 48.6 Å². The number of carbonyl (C=O) groups excluding carboxylic acids is 1. The number of allylic oxidation sites excluding steroid dienone is 7. The number of nitrogens with one attached hydrogen (secondary N) is 1. The minimum atomic E-state index is -1.11. The van der Waals surface area contributed by atoms with Crippen LogP contribution in [0.3, 0.4) is 0 Å². The van der Waals surface area contributed by atoms with Crippen molar-refractivity contribution in [2.24, 2.45) is 0 Å². The monoisotopic (exact) mass is 744 g/mol. The lowest BCUT2D eigenvalue weighted by atomic mass is 10.0. The zero-order chi connectivity index (χ0) is 38.7. The molecular formula is C48H89NO4. The Morgan fingerprint density at radius 2 is 0.830 bits per heavy atom. The van der Waals surface area contributed by atoms with E-state index in [1.54, 1.807) is 6.08 Å². The summed E-state index contributed by atoms with van der Waals surface area (Å²) in [5.41, 5.74) is 0. The van der Waals surface area contributed by atoms with Gasteiger partial charge in [-0.05, 0) is 64.2 Å². The van der Waals surface area contributed by atoms with Crippen molar-refractivity contribution in [3.63, 3.8) is 0 Å². The Morgan fingerprint density at radius 1 is 0.472 bits per heavy atom. The van der Waals surface area contributed by atoms with Gasteiger partial charge in [-0.25, -0.2) is 0 Å². The van der Waals surface area contributed by atoms with E-state index in [1.165, 1.54) is 161 Å². The Morgan fingerprint density at radius 3 is 1.26 bits per heavy atom. The van der Waals surface area contributed by atoms with Crippen LogP contribution in [-0.4, -0.2) is 46.1 Å². The average Bonchev–Trinajstić information content (AvgIpc) is 3.16. The first-order chi connectivity index (χ1) is 26.1. The molecule has 0 aromatic heterocycles. The molecule has 4 N–H and O–H groups in total. The standard InChI is InChI=1S/C48H89NO4/c1-3-5-7-9-11-13-15-17-19-20-21-22-23-24-25-26-27-29-31-33-35-37-39-41-43-47(52)48(53)49-45(44-50)46(51)42-40-38-36-34-32-30-28-18-16-14-12-10-8-6-4-2/h21-22,24-25,32,34,40,42,45-47,50-52H,3-20,23,26-31,33,35-39,41,43-44H2,1-2H3,(H,49,53)/b22-21-,25-24-,34-32+,42-40+. The Kier molecular flexibility index (Phi) is 41.7. The zero-order valence-electron chi connectivity index (χ0n) is 35.1. The van der Waals surface area contributed by atoms with Gasteiger partial charge in [0.25, 0.3) is 0 Å². The maximum absolute atomic E-state index is 12.5. The predicted molar refractivity (Wildman–Crippen MR) is 231 cm³/mol. The molecule has 0 saturated carbocycles. The molecule has 0 aliphatic rings. The molecule has 0 aromatic carbocycles. The Hall–Kier alpha value is -1.69. The van der Waals surface area contributed by atoms with Crippen molar-refractivity contribution < 1.29 is 20.1 Å². The van der Waals surface area contributed by atoms with Crippen LogP contribution in [-0.2, 0) is 4.79 Å². The minimum absolute atomic E-state index is 0.379. The van der Waals surface area contributed by atoms with E-state index in [-0.39, 0.29) is 6.61 Å². The van der Waals surface area contributed by atoms with Crippen molar-refractivity contribution in [2.45, 2.75) is 244 Å². The third-order valence-corrected chi connectivity index (χ3v) is 10.4. The van der Waals surface area contributed by atoms with E-state index in [0.29, 0.717) is 6.42 Å². The normalized spacial score (nSPS) is 14.0. The van der Waals surface area contributed by atoms with Gasteiger partial charge in [-0.3, -0.25) is 4.79 Å². The second-order valence-corrected chi connectivity index (χ2v) is 15.6. The highest BCUT2D eigenvalue weighted by Gasteiger charge is 2.22. The summed E-state index contributed by atoms with van der Waals surface area (Å²) in [5.74, 6) is -0.518. The molecule has 0 heterocycles. The van der Waals surface area contributed by atoms with Gasteiger partial charge in [0.15, 0.2) is 0 Å². The molecule has 0 aromatic rings. The topological polar surface area (TPSA) is 89.8 Å². The highest BCUT2D eigenvalue weighted by molar-refractivity contribution is 5.80. The molecule has 0 aliphatic carbocycles. The molecule has 0 radical (unpaired) electrons. The molecule has 3 unspecified atom stereocenters. The van der Waals surface area contributed by atoms with Gasteiger partial charge in [-0.15, -0.1) is 0 Å². The Labute approximate surface area is 329 Å². The fourth-order valence-corrected chi connectivity index (χ4v) is 6.76. The molecule has 1 amide bonds. The lowest BCUT2D eigenvalue weighted by Crippen LogP contribution is -2.48. The maximum atomic E-state index is 12.5. The van der Waals surface area contributed by atoms with Crippen LogP contribution >= 0.6 is 0 Å². The average molecular weight is 744 g/mol. The number of aliphatic hydroxyl groups excluding tert-OH is 3. The van der Waals surface area contributed by atoms with Crippen LogP contribution in [0.25, 0.3) is 0 Å². The van der Waals surface area contributed by atoms with E-state index in [9.17, 15) is 20.1 Å². The second kappa shape index (κ2) is 43.0. The van der Waals surface area contributed by atoms with E-state index in [4.69, 9.17) is 0 Å². The van der Waals surface area contributed by atoms with Crippen molar-refractivity contribution >= 4 is 5.91 Å². The second-order valence-electron chi connectivity index (χ2n) is 15.6. The summed E-state index contributed by atoms with van der Waals surface area (Å²) in [7, 11) is 0. The smallest absolute Gasteiger partial charge is 0.249 e. The minimum Gasteiger partial charge on any atom is -0.394 e. The third-order valence-electron chi connectivity index (χ3n) is 10.4. The van der Waals surface area contributed by atoms with E-state index >= 15 is 0 Å². The van der Waals surface area contributed by atoms with Crippen molar-refractivity contribution in [1.82, 2.24) is 5.32 Å². The number of amides is 1. The number of rotatable bonds is 41. The van der Waals surface area contributed by atoms with Gasteiger partial charge >= 0.3 is 0 Å². The predicted octanol–water partition coefficient (Wildman–Crippen LogP) is 13.3. The fourth-order valence-electron chi connectivity index (χ4n) is 6.76. The molecule has 0 fully saturated rings. The molecule has 5 heteroatoms. The summed E-state index contributed by atoms with van der Waals surface area (Å²) < 4.78 is 0. The van der Waals surface area contributed by atoms with Gasteiger partial charge in [0, 0.05) is 0 Å². The lowest BCUT2D eigenvalue weighted by molar-refractivity contribution is -0.131. The SMILES string of the molecule is CCCCCCCCCCC/C=C\C/C=C\CCCCCCCCCCC(O)C(=O)NC(CO)C(O)/C=C/CC/C=C/CCCCCCCCCCC. The highest BCUT2D eigenvalue weighted by Crippen LogP contribution is 2.14. The molecule has 5 nitrogen and oxygen atoms in total. The van der Waals surface area contributed by atoms with Crippen molar-refractivity contribution in [2.75, 3.05) is 6.61 Å². The molecule has 0 rings (SSSR count). The number of hydrogen-bond donors (Lipinski definition) is 4. The van der Waals surface area contributed by atoms with Crippen LogP contribution in [0, 0.1) is 0 Å². The summed E-state index contributed by atoms with van der Waals surface area (Å²) in [6.07, 6.45) is 55.8. The lowest BCUT2D eigenvalue weighted by Gasteiger charge is -2.21. The van der Waals surface area contributed by atoms with Gasteiger partial charge in [0.05, 0.1) is 18.8 Å². The third kappa shape index (κ3) is 38.4. The quantitative estimate of drug-likeness (QED) is 0.0371. The van der Waals surface area contributed by atoms with Crippen LogP contribution in [0.4, 0.5) is 0 Å². The first-order valence-corrected chi connectivity index (χ1v) is 23.0. The van der Waals surface area contributed by atoms with Gasteiger partial charge in [0.1, 0.15) is 6.10 Å². The summed E-state index contributed by atoms with van der Waals surface area (Å²) in [5, 5.41) is 33.1.